The number of nitrogens with two attached hydrogens (primary N) is 1. The van der Waals surface area contributed by atoms with Crippen LogP contribution in [-0.4, -0.2) is 198 Å². The van der Waals surface area contributed by atoms with Gasteiger partial charge in [-0.2, -0.15) is 4.73 Å². The Kier molecular flexibility index (Phi) is 21.0. The highest BCUT2D eigenvalue weighted by molar-refractivity contribution is 7.14. The maximum atomic E-state index is 15.5. The molecule has 34 nitrogen and oxygen atoms in total. The molecule has 10 atom stereocenters. The van der Waals surface area contributed by atoms with Crippen LogP contribution in [0.25, 0.3) is 49.3 Å². The molecule has 1 fully saturated rings. The summed E-state index contributed by atoms with van der Waals surface area (Å²) in [7, 11) is 5.94. The summed E-state index contributed by atoms with van der Waals surface area (Å²) in [6, 6.07) is 0.589. The van der Waals surface area contributed by atoms with Gasteiger partial charge in [0, 0.05) is 49.8 Å². The second-order valence-corrected chi connectivity index (χ2v) is 28.5. The van der Waals surface area contributed by atoms with Gasteiger partial charge in [-0.05, 0) is 59.5 Å². The molecule has 0 saturated carbocycles. The molecule has 10 unspecified atom stereocenters. The molecule has 11 heterocycles. The van der Waals surface area contributed by atoms with Gasteiger partial charge in [0.05, 0.1) is 55.9 Å². The Morgan fingerprint density at radius 1 is 0.845 bits per heavy atom. The molecule has 0 aliphatic carbocycles. The van der Waals surface area contributed by atoms with E-state index in [0.29, 0.717) is 0 Å². The SMILES string of the molecule is C=C(NC(=O)c1csc(-c2nc3c(cc2O)-c2nc(cs2)C(=O)NC(C(C)O)C(=O)N/C(=C(\C)OC)c2nc(cs2)C(=O)NC2c4nc(cs4)C(=O)NC(COC(=O)c4c5c6c(cccc6n4OCC(=O)OC)COC(=O)C(OC4CC(C)(O)C(N(C)C)C(C)O4)C2OC5)c2nc-3cs2)n1)C(N)=O. The third-order valence-corrected chi connectivity index (χ3v) is 21.3. The normalized spacial score (nSPS) is 23.3. The van der Waals surface area contributed by atoms with Crippen LogP contribution in [0.1, 0.15) is 125 Å². The van der Waals surface area contributed by atoms with Crippen molar-refractivity contribution < 1.29 is 96.5 Å². The minimum atomic E-state index is -1.95. The lowest BCUT2D eigenvalue weighted by Crippen LogP contribution is -2.62. The number of benzene rings is 1. The van der Waals surface area contributed by atoms with E-state index in [9.17, 15) is 39.3 Å². The number of hydrogen-bond donors (Lipinski definition) is 9. The van der Waals surface area contributed by atoms with Gasteiger partial charge in [0.15, 0.2) is 18.1 Å². The van der Waals surface area contributed by atoms with Gasteiger partial charge >= 0.3 is 17.9 Å². The monoisotopic (exact) mass is 1510 g/mol. The van der Waals surface area contributed by atoms with Crippen LogP contribution in [-0.2, 0) is 65.5 Å². The van der Waals surface area contributed by atoms with Gasteiger partial charge in [-0.1, -0.05) is 18.7 Å². The highest BCUT2D eigenvalue weighted by atomic mass is 32.1. The van der Waals surface area contributed by atoms with E-state index in [1.54, 1.807) is 51.0 Å². The number of ether oxygens (including phenoxy) is 7. The Balaban J connectivity index is 1.06. The molecule has 4 aliphatic rings. The van der Waals surface area contributed by atoms with Crippen LogP contribution >= 0.6 is 56.7 Å². The van der Waals surface area contributed by atoms with Gasteiger partial charge < -0.3 is 90.5 Å². The summed E-state index contributed by atoms with van der Waals surface area (Å²) >= 11 is 4.41. The first-order valence-corrected chi connectivity index (χ1v) is 35.5. The summed E-state index contributed by atoms with van der Waals surface area (Å²) in [5, 5.41) is 55.3. The Labute approximate surface area is 603 Å². The Morgan fingerprint density at radius 3 is 2.22 bits per heavy atom. The molecule has 0 spiro atoms. The van der Waals surface area contributed by atoms with E-state index in [2.05, 4.69) is 48.1 Å². The van der Waals surface area contributed by atoms with Crippen LogP contribution in [0.2, 0.25) is 0 Å². The van der Waals surface area contributed by atoms with E-state index in [-0.39, 0.29) is 116 Å². The quantitative estimate of drug-likeness (QED) is 0.0367. The van der Waals surface area contributed by atoms with Gasteiger partial charge in [0.25, 0.3) is 29.5 Å². The van der Waals surface area contributed by atoms with E-state index in [1.807, 2.05) is 0 Å². The van der Waals surface area contributed by atoms with Gasteiger partial charge in [-0.25, -0.2) is 44.3 Å². The molecule has 0 radical (unpaired) electrons. The molecular formula is C64H64N14O20S5. The number of aliphatic hydroxyl groups is 2. The Hall–Kier alpha value is -10.1. The molecule has 8 aromatic rings. The van der Waals surface area contributed by atoms with E-state index in [4.69, 9.17) is 58.7 Å². The maximum absolute atomic E-state index is 15.5. The number of aliphatic hydroxyl groups excluding tert-OH is 1. The lowest BCUT2D eigenvalue weighted by Gasteiger charge is -2.48. The molecule has 540 valence electrons. The smallest absolute Gasteiger partial charge is 0.358 e. The number of esters is 3. The van der Waals surface area contributed by atoms with E-state index < -0.39 is 152 Å². The number of aromatic hydroxyl groups is 1. The third kappa shape index (κ3) is 14.8. The molecular weight excluding hydrogens is 1450 g/mol. The summed E-state index contributed by atoms with van der Waals surface area (Å²) < 4.78 is 44.0. The third-order valence-electron chi connectivity index (χ3n) is 16.8. The van der Waals surface area contributed by atoms with Crippen LogP contribution in [0, 0.1) is 0 Å². The van der Waals surface area contributed by atoms with Crippen molar-refractivity contribution >= 4 is 127 Å². The van der Waals surface area contributed by atoms with Gasteiger partial charge in [0.2, 0.25) is 12.5 Å². The number of rotatable bonds is 12. The molecule has 1 saturated heterocycles. The summed E-state index contributed by atoms with van der Waals surface area (Å²) in [5.74, 6) is -9.26. The predicted octanol–water partition coefficient (Wildman–Crippen LogP) is 3.26. The van der Waals surface area contributed by atoms with E-state index in [1.165, 1.54) is 53.9 Å². The van der Waals surface area contributed by atoms with Crippen molar-refractivity contribution in [2.75, 3.05) is 41.5 Å². The number of allylic oxidation sites excluding steroid dienone is 1. The summed E-state index contributed by atoms with van der Waals surface area (Å²) in [6.45, 7) is 6.80. The zero-order valence-electron chi connectivity index (χ0n) is 55.6. The number of aromatic nitrogens is 7. The number of methoxy groups -OCH3 is 2. The number of cyclic esters (lactones) is 2. The number of primary amides is 1. The fourth-order valence-corrected chi connectivity index (χ4v) is 16.2. The number of carbonyl (C=O) groups is 9. The fourth-order valence-electron chi connectivity index (χ4n) is 12.0. The highest BCUT2D eigenvalue weighted by Gasteiger charge is 2.50. The first kappa shape index (κ1) is 72.7. The number of fused-ring (bicyclic) bond motifs is 15. The minimum absolute atomic E-state index is 0.0206. The van der Waals surface area contributed by atoms with Crippen molar-refractivity contribution in [1.82, 2.24) is 66.1 Å². The zero-order valence-corrected chi connectivity index (χ0v) is 59.7. The zero-order chi connectivity index (χ0) is 73.6. The number of hydrogen-bond acceptors (Lipinski definition) is 32. The molecule has 4 aliphatic heterocycles. The van der Waals surface area contributed by atoms with Crippen molar-refractivity contribution in [3.8, 4) is 38.4 Å². The van der Waals surface area contributed by atoms with Crippen molar-refractivity contribution in [3.63, 3.8) is 0 Å². The van der Waals surface area contributed by atoms with Crippen LogP contribution < -0.4 is 37.2 Å². The summed E-state index contributed by atoms with van der Waals surface area (Å²) in [5.41, 5.74) is 2.01. The number of nitrogens with one attached hydrogen (secondary N) is 5. The van der Waals surface area contributed by atoms with Crippen LogP contribution in [0.4, 0.5) is 0 Å². The van der Waals surface area contributed by atoms with Crippen LogP contribution in [0.5, 0.6) is 5.75 Å². The second kappa shape index (κ2) is 29.7. The number of likely N-dealkylation sites (N-methyl/N-ethyl adjacent to an activating group) is 1. The molecule has 39 heteroatoms. The lowest BCUT2D eigenvalue weighted by atomic mass is 9.85. The second-order valence-electron chi connectivity index (χ2n) is 24.2. The highest BCUT2D eigenvalue weighted by Crippen LogP contribution is 2.43. The maximum Gasteiger partial charge on any atom is 0.358 e. The summed E-state index contributed by atoms with van der Waals surface area (Å²) in [6.07, 6.45) is -7.72. The largest absolute Gasteiger partial charge is 0.506 e. The standard InChI is InChI=1S/C64H64N14O20S5/c1-24(51(65)82)66-52(83)33-21-102-60(71-33)45-38(80)13-29-44(73-45)32-19-100-58(68-32)31-17-95-62(88)47-30-16-93-48(49(98-40-14-64(5,90)50(77(6)7)27(4)97-40)63(89)94-15-28-11-10-12-37(41(28)30)78(47)96-18-39(81)92-9)46(61-72-34(22-103-61)53(84)67-31)76-55(86)36-23-101-59(70-36)43(26(3)91-8)75-56(87)42(25(2)79)74-54(85)35-20-99-57(29)69-35/h10-13,19-23,25,27,31,40,42,46,48-50,79-80,90H,1,14-18H2,2-9H3,(H2,65,82)(H,66,83)(H,67,84)(H,74,85)(H,75,87)(H,76,86)/b43-26+. The van der Waals surface area contributed by atoms with Gasteiger partial charge in [0.1, 0.15) is 120 Å². The molecule has 1 aromatic carbocycles. The van der Waals surface area contributed by atoms with E-state index in [0.717, 1.165) is 68.5 Å². The van der Waals surface area contributed by atoms with Gasteiger partial charge in [-0.3, -0.25) is 28.8 Å². The molecule has 103 heavy (non-hydrogen) atoms. The predicted molar refractivity (Wildman–Crippen MR) is 366 cm³/mol. The molecule has 7 aromatic heterocycles. The Morgan fingerprint density at radius 2 is 1.51 bits per heavy atom. The Bertz CT molecular complexity index is 4780. The molecule has 12 rings (SSSR count). The number of nitrogens with zero attached hydrogens (tertiary/aromatic N) is 8. The lowest BCUT2D eigenvalue weighted by molar-refractivity contribution is -0.280. The van der Waals surface area contributed by atoms with Crippen LogP contribution in [0.3, 0.4) is 0 Å². The average Bonchev–Trinajstić information content (AvgIpc) is 1.62. The van der Waals surface area contributed by atoms with E-state index >= 15 is 19.2 Å². The first-order valence-electron chi connectivity index (χ1n) is 31.1. The number of carbonyl (C=O) groups excluding carboxylic acids is 9. The number of thiazole rings is 5. The van der Waals surface area contributed by atoms with Crippen molar-refractivity contribution in [2.24, 2.45) is 5.73 Å². The molecule has 10 N–H and O–H groups in total. The topological polar surface area (TPSA) is 460 Å². The fraction of sp³-hybridized carbons (Fsp3) is 0.359. The molecule has 6 amide bonds. The van der Waals surface area contributed by atoms with Gasteiger partial charge in [-0.15, -0.1) is 56.7 Å². The van der Waals surface area contributed by atoms with Crippen molar-refractivity contribution in [2.45, 2.75) is 108 Å². The molecule has 12 bridgehead atoms. The number of pyridine rings is 1. The summed E-state index contributed by atoms with van der Waals surface area (Å²) in [4.78, 5) is 164. The first-order chi connectivity index (χ1) is 49.1. The number of amides is 6. The van der Waals surface area contributed by atoms with Crippen molar-refractivity contribution in [1.29, 1.82) is 0 Å². The minimum Gasteiger partial charge on any atom is -0.506 e. The van der Waals surface area contributed by atoms with Crippen LogP contribution in [0.15, 0.2) is 69.2 Å². The average molecular weight is 1510 g/mol. The van der Waals surface area contributed by atoms with Crippen molar-refractivity contribution in [3.05, 3.63) is 124 Å².